The number of carbonyl (C=O) groups excluding carboxylic acids is 1. The molecule has 1 rings (SSSR count). The molecule has 1 unspecified atom stereocenters. The molecule has 0 aliphatic carbocycles. The molecule has 0 spiro atoms. The number of benzene rings is 1. The zero-order valence-electron chi connectivity index (χ0n) is 7.51. The maximum atomic E-state index is 11.7. The van der Waals surface area contributed by atoms with E-state index in [0.29, 0.717) is 16.7 Å². The standard InChI is InChI=1S/C9H8N2O2S/c1-14(13,11-7-10)9-4-2-8(6-12)3-5-9/h2-6H,1H3. The average Bonchev–Trinajstić information content (AvgIpc) is 2.18. The highest BCUT2D eigenvalue weighted by Gasteiger charge is 2.04. The van der Waals surface area contributed by atoms with Gasteiger partial charge in [0, 0.05) is 16.7 Å². The molecule has 72 valence electrons. The quantitative estimate of drug-likeness (QED) is 0.545. The van der Waals surface area contributed by atoms with Gasteiger partial charge in [0.25, 0.3) is 0 Å². The van der Waals surface area contributed by atoms with Crippen LogP contribution in [0.25, 0.3) is 0 Å². The summed E-state index contributed by atoms with van der Waals surface area (Å²) < 4.78 is 15.0. The van der Waals surface area contributed by atoms with E-state index in [-0.39, 0.29) is 0 Å². The van der Waals surface area contributed by atoms with Crippen molar-refractivity contribution in [2.75, 3.05) is 6.26 Å². The van der Waals surface area contributed by atoms with E-state index >= 15 is 0 Å². The van der Waals surface area contributed by atoms with Crippen LogP contribution in [-0.2, 0) is 9.73 Å². The Morgan fingerprint density at radius 1 is 1.43 bits per heavy atom. The molecule has 0 aromatic heterocycles. The Balaban J connectivity index is 3.24. The third-order valence-corrected chi connectivity index (χ3v) is 3.25. The summed E-state index contributed by atoms with van der Waals surface area (Å²) in [4.78, 5) is 10.8. The molecule has 1 aromatic carbocycles. The summed E-state index contributed by atoms with van der Waals surface area (Å²) in [5.41, 5.74) is 0.501. The molecule has 4 nitrogen and oxygen atoms in total. The summed E-state index contributed by atoms with van der Waals surface area (Å²) in [6.07, 6.45) is 3.59. The average molecular weight is 208 g/mol. The molecule has 0 saturated heterocycles. The maximum Gasteiger partial charge on any atom is 0.214 e. The van der Waals surface area contributed by atoms with E-state index in [1.54, 1.807) is 12.1 Å². The molecule has 0 N–H and O–H groups in total. The maximum absolute atomic E-state index is 11.7. The number of carbonyl (C=O) groups is 1. The topological polar surface area (TPSA) is 70.3 Å². The van der Waals surface area contributed by atoms with Crippen molar-refractivity contribution in [2.45, 2.75) is 4.90 Å². The van der Waals surface area contributed by atoms with Crippen LogP contribution in [-0.4, -0.2) is 16.8 Å². The van der Waals surface area contributed by atoms with Crippen molar-refractivity contribution >= 4 is 16.0 Å². The highest BCUT2D eigenvalue weighted by molar-refractivity contribution is 7.93. The molecule has 0 radical (unpaired) electrons. The summed E-state index contributed by atoms with van der Waals surface area (Å²) in [6, 6.07) is 6.15. The van der Waals surface area contributed by atoms with Crippen molar-refractivity contribution in [3.63, 3.8) is 0 Å². The van der Waals surface area contributed by atoms with Crippen LogP contribution in [0.5, 0.6) is 0 Å². The third kappa shape index (κ3) is 2.18. The molecule has 1 aromatic rings. The van der Waals surface area contributed by atoms with Gasteiger partial charge in [0.1, 0.15) is 6.29 Å². The van der Waals surface area contributed by atoms with E-state index < -0.39 is 9.73 Å². The normalized spacial score (nSPS) is 13.7. The fourth-order valence-electron chi connectivity index (χ4n) is 0.929. The van der Waals surface area contributed by atoms with Crippen molar-refractivity contribution in [2.24, 2.45) is 4.36 Å². The number of nitriles is 1. The summed E-state index contributed by atoms with van der Waals surface area (Å²) >= 11 is 0. The van der Waals surface area contributed by atoms with Crippen molar-refractivity contribution in [3.05, 3.63) is 29.8 Å². The predicted molar refractivity (Wildman–Crippen MR) is 52.2 cm³/mol. The Bertz CT molecular complexity index is 491. The molecule has 0 amide bonds. The highest BCUT2D eigenvalue weighted by Crippen LogP contribution is 2.11. The van der Waals surface area contributed by atoms with Gasteiger partial charge in [-0.3, -0.25) is 4.79 Å². The minimum Gasteiger partial charge on any atom is -0.298 e. The van der Waals surface area contributed by atoms with Crippen molar-refractivity contribution in [3.8, 4) is 6.19 Å². The van der Waals surface area contributed by atoms with Gasteiger partial charge in [-0.2, -0.15) is 5.26 Å². The molecule has 0 aliphatic rings. The van der Waals surface area contributed by atoms with Gasteiger partial charge in [-0.05, 0) is 12.1 Å². The Hall–Kier alpha value is -1.67. The van der Waals surface area contributed by atoms with Crippen LogP contribution in [0, 0.1) is 11.5 Å². The molecule has 0 aliphatic heterocycles. The first-order valence-electron chi connectivity index (χ1n) is 3.75. The van der Waals surface area contributed by atoms with Gasteiger partial charge in [0.05, 0.1) is 9.73 Å². The highest BCUT2D eigenvalue weighted by atomic mass is 32.2. The van der Waals surface area contributed by atoms with E-state index in [4.69, 9.17) is 5.26 Å². The fraction of sp³-hybridized carbons (Fsp3) is 0.111. The SMILES string of the molecule is CS(=O)(=NC#N)c1ccc(C=O)cc1. The minimum absolute atomic E-state index is 0.449. The van der Waals surface area contributed by atoms with Gasteiger partial charge < -0.3 is 0 Å². The van der Waals surface area contributed by atoms with Crippen molar-refractivity contribution in [1.29, 1.82) is 5.26 Å². The number of rotatable bonds is 2. The molecule has 0 bridgehead atoms. The second-order valence-corrected chi connectivity index (χ2v) is 4.94. The van der Waals surface area contributed by atoms with Crippen LogP contribution in [0.3, 0.4) is 0 Å². The first kappa shape index (κ1) is 10.4. The largest absolute Gasteiger partial charge is 0.298 e. The molecule has 0 heterocycles. The monoisotopic (exact) mass is 208 g/mol. The smallest absolute Gasteiger partial charge is 0.214 e. The van der Waals surface area contributed by atoms with E-state index in [1.807, 2.05) is 0 Å². The van der Waals surface area contributed by atoms with Gasteiger partial charge in [-0.15, -0.1) is 4.36 Å². The lowest BCUT2D eigenvalue weighted by molar-refractivity contribution is 0.112. The molecule has 0 fully saturated rings. The van der Waals surface area contributed by atoms with Crippen LogP contribution < -0.4 is 0 Å². The second kappa shape index (κ2) is 4.03. The first-order valence-corrected chi connectivity index (χ1v) is 5.68. The number of aldehydes is 1. The van der Waals surface area contributed by atoms with Gasteiger partial charge in [-0.1, -0.05) is 12.1 Å². The number of hydrogen-bond donors (Lipinski definition) is 0. The lowest BCUT2D eigenvalue weighted by Gasteiger charge is -2.00. The van der Waals surface area contributed by atoms with E-state index in [9.17, 15) is 9.00 Å². The Morgan fingerprint density at radius 2 is 2.00 bits per heavy atom. The van der Waals surface area contributed by atoms with Crippen molar-refractivity contribution < 1.29 is 9.00 Å². The summed E-state index contributed by atoms with van der Waals surface area (Å²) in [7, 11) is -2.64. The van der Waals surface area contributed by atoms with E-state index in [2.05, 4.69) is 4.36 Å². The van der Waals surface area contributed by atoms with Crippen LogP contribution in [0.15, 0.2) is 33.5 Å². The number of hydrogen-bond acceptors (Lipinski definition) is 4. The molecule has 14 heavy (non-hydrogen) atoms. The van der Waals surface area contributed by atoms with Crippen molar-refractivity contribution in [1.82, 2.24) is 0 Å². The van der Waals surface area contributed by atoms with Gasteiger partial charge in [-0.25, -0.2) is 4.21 Å². The molecular weight excluding hydrogens is 200 g/mol. The lowest BCUT2D eigenvalue weighted by Crippen LogP contribution is -1.96. The Kier molecular flexibility index (Phi) is 2.99. The Labute approximate surface area is 82.4 Å². The first-order chi connectivity index (χ1) is 6.60. The van der Waals surface area contributed by atoms with Gasteiger partial charge in [0.2, 0.25) is 6.19 Å². The molecule has 5 heteroatoms. The van der Waals surface area contributed by atoms with E-state index in [1.165, 1.54) is 24.6 Å². The summed E-state index contributed by atoms with van der Waals surface area (Å²) in [6.45, 7) is 0. The Morgan fingerprint density at radius 3 is 2.43 bits per heavy atom. The van der Waals surface area contributed by atoms with Crippen LogP contribution >= 0.6 is 0 Å². The predicted octanol–water partition coefficient (Wildman–Crippen LogP) is 1.44. The van der Waals surface area contributed by atoms with Gasteiger partial charge >= 0.3 is 0 Å². The minimum atomic E-state index is -2.64. The molecule has 0 saturated carbocycles. The number of nitrogens with zero attached hydrogens (tertiary/aromatic N) is 2. The van der Waals surface area contributed by atoms with Crippen LogP contribution in [0.4, 0.5) is 0 Å². The fourth-order valence-corrected chi connectivity index (χ4v) is 1.83. The lowest BCUT2D eigenvalue weighted by atomic mass is 10.2. The van der Waals surface area contributed by atoms with E-state index in [0.717, 1.165) is 0 Å². The summed E-state index contributed by atoms with van der Waals surface area (Å²) in [5.74, 6) is 0. The molecule has 1 atom stereocenters. The van der Waals surface area contributed by atoms with Crippen LogP contribution in [0.2, 0.25) is 0 Å². The van der Waals surface area contributed by atoms with Crippen LogP contribution in [0.1, 0.15) is 10.4 Å². The zero-order valence-corrected chi connectivity index (χ0v) is 8.32. The second-order valence-electron chi connectivity index (χ2n) is 2.68. The van der Waals surface area contributed by atoms with Gasteiger partial charge in [0.15, 0.2) is 0 Å². The zero-order chi connectivity index (χ0) is 10.6. The third-order valence-electron chi connectivity index (χ3n) is 1.67. The molecular formula is C9H8N2O2S. The summed E-state index contributed by atoms with van der Waals surface area (Å²) in [5, 5.41) is 8.31.